The van der Waals surface area contributed by atoms with Gasteiger partial charge in [0.1, 0.15) is 0 Å². The molecule has 1 saturated heterocycles. The summed E-state index contributed by atoms with van der Waals surface area (Å²) in [5, 5.41) is 3.28. The van der Waals surface area contributed by atoms with E-state index in [2.05, 4.69) is 16.4 Å². The normalized spacial score (nSPS) is 18.5. The van der Waals surface area contributed by atoms with Gasteiger partial charge in [0, 0.05) is 32.0 Å². The fraction of sp³-hybridized carbons (Fsp3) is 0.368. The minimum atomic E-state index is -3.03. The number of hydrogen-bond donors (Lipinski definition) is 1. The first-order valence-electron chi connectivity index (χ1n) is 8.56. The van der Waals surface area contributed by atoms with E-state index in [0.717, 1.165) is 11.3 Å². The average Bonchev–Trinajstić information content (AvgIpc) is 2.99. The van der Waals surface area contributed by atoms with Crippen molar-refractivity contribution in [2.45, 2.75) is 25.9 Å². The van der Waals surface area contributed by atoms with Gasteiger partial charge < -0.3 is 10.2 Å². The summed E-state index contributed by atoms with van der Waals surface area (Å²) in [5.41, 5.74) is 3.55. The van der Waals surface area contributed by atoms with Gasteiger partial charge in [-0.15, -0.1) is 0 Å². The summed E-state index contributed by atoms with van der Waals surface area (Å²) in [4.78, 5) is 18.3. The Morgan fingerprint density at radius 1 is 1.31 bits per heavy atom. The summed E-state index contributed by atoms with van der Waals surface area (Å²) in [6, 6.07) is 9.68. The lowest BCUT2D eigenvalue weighted by molar-refractivity contribution is 0.0747. The monoisotopic (exact) mass is 373 g/mol. The molecule has 2 aromatic rings. The standard InChI is InChI=1S/C19H23N3O3S/c1-14-4-3-5-15(8-14)10-21-17-9-16(11-20-12-17)19(23)22(2)18-6-7-26(24,25)13-18/h3-5,8-9,11-12,18,21H,6-7,10,13H2,1-2H3. The number of rotatable bonds is 5. The highest BCUT2D eigenvalue weighted by atomic mass is 32.2. The molecular formula is C19H23N3O3S. The lowest BCUT2D eigenvalue weighted by Gasteiger charge is -2.23. The Morgan fingerprint density at radius 3 is 2.81 bits per heavy atom. The average molecular weight is 373 g/mol. The number of carbonyl (C=O) groups is 1. The molecule has 0 bridgehead atoms. The van der Waals surface area contributed by atoms with Crippen LogP contribution in [0.3, 0.4) is 0 Å². The smallest absolute Gasteiger partial charge is 0.255 e. The number of anilines is 1. The Bertz CT molecular complexity index is 912. The van der Waals surface area contributed by atoms with E-state index in [1.54, 1.807) is 19.3 Å². The van der Waals surface area contributed by atoms with Crippen molar-refractivity contribution >= 4 is 21.4 Å². The first-order valence-corrected chi connectivity index (χ1v) is 10.4. The van der Waals surface area contributed by atoms with Crippen molar-refractivity contribution in [3.63, 3.8) is 0 Å². The van der Waals surface area contributed by atoms with E-state index in [1.807, 2.05) is 25.1 Å². The molecule has 138 valence electrons. The quantitative estimate of drug-likeness (QED) is 0.870. The van der Waals surface area contributed by atoms with Crippen LogP contribution in [0.4, 0.5) is 5.69 Å². The minimum Gasteiger partial charge on any atom is -0.380 e. The van der Waals surface area contributed by atoms with Gasteiger partial charge in [-0.1, -0.05) is 29.8 Å². The van der Waals surface area contributed by atoms with Crippen LogP contribution in [0.5, 0.6) is 0 Å². The van der Waals surface area contributed by atoms with Crippen molar-refractivity contribution in [1.29, 1.82) is 0 Å². The third kappa shape index (κ3) is 4.40. The Kier molecular flexibility index (Phi) is 5.27. The molecule has 3 rings (SSSR count). The molecule has 0 aliphatic carbocycles. The first kappa shape index (κ1) is 18.4. The van der Waals surface area contributed by atoms with Crippen LogP contribution in [-0.4, -0.2) is 48.8 Å². The van der Waals surface area contributed by atoms with Gasteiger partial charge in [0.25, 0.3) is 5.91 Å². The Balaban J connectivity index is 1.67. The number of aryl methyl sites for hydroxylation is 1. The van der Waals surface area contributed by atoms with E-state index < -0.39 is 9.84 Å². The minimum absolute atomic E-state index is 0.0357. The van der Waals surface area contributed by atoms with Crippen molar-refractivity contribution < 1.29 is 13.2 Å². The van der Waals surface area contributed by atoms with E-state index in [1.165, 1.54) is 16.7 Å². The molecule has 1 atom stereocenters. The lowest BCUT2D eigenvalue weighted by Crippen LogP contribution is -2.37. The molecule has 1 fully saturated rings. The van der Waals surface area contributed by atoms with E-state index >= 15 is 0 Å². The van der Waals surface area contributed by atoms with Crippen LogP contribution in [0, 0.1) is 6.92 Å². The SMILES string of the molecule is Cc1cccc(CNc2cncc(C(=O)N(C)C3CCS(=O)(=O)C3)c2)c1. The van der Waals surface area contributed by atoms with Crippen LogP contribution in [0.15, 0.2) is 42.7 Å². The number of amides is 1. The van der Waals surface area contributed by atoms with Crippen LogP contribution in [0.2, 0.25) is 0 Å². The molecule has 0 spiro atoms. The van der Waals surface area contributed by atoms with Gasteiger partial charge in [-0.25, -0.2) is 8.42 Å². The van der Waals surface area contributed by atoms with Crippen molar-refractivity contribution in [3.05, 3.63) is 59.4 Å². The highest BCUT2D eigenvalue weighted by molar-refractivity contribution is 7.91. The molecule has 1 unspecified atom stereocenters. The van der Waals surface area contributed by atoms with Gasteiger partial charge in [-0.2, -0.15) is 0 Å². The molecule has 26 heavy (non-hydrogen) atoms. The van der Waals surface area contributed by atoms with Gasteiger partial charge in [0.2, 0.25) is 0 Å². The third-order valence-electron chi connectivity index (χ3n) is 4.64. The van der Waals surface area contributed by atoms with Crippen molar-refractivity contribution in [2.75, 3.05) is 23.9 Å². The number of benzene rings is 1. The van der Waals surface area contributed by atoms with E-state index in [-0.39, 0.29) is 23.5 Å². The van der Waals surface area contributed by atoms with E-state index in [4.69, 9.17) is 0 Å². The molecule has 0 radical (unpaired) electrons. The summed E-state index contributed by atoms with van der Waals surface area (Å²) >= 11 is 0. The second-order valence-corrected chi connectivity index (χ2v) is 9.01. The van der Waals surface area contributed by atoms with Gasteiger partial charge in [0.15, 0.2) is 9.84 Å². The fourth-order valence-electron chi connectivity index (χ4n) is 3.13. The van der Waals surface area contributed by atoms with E-state index in [9.17, 15) is 13.2 Å². The molecule has 1 N–H and O–H groups in total. The predicted octanol–water partition coefficient (Wildman–Crippen LogP) is 2.26. The van der Waals surface area contributed by atoms with Crippen LogP contribution in [0.1, 0.15) is 27.9 Å². The molecule has 1 aromatic carbocycles. The molecule has 6 nitrogen and oxygen atoms in total. The zero-order valence-corrected chi connectivity index (χ0v) is 15.8. The number of aromatic nitrogens is 1. The number of carbonyl (C=O) groups excluding carboxylic acids is 1. The van der Waals surface area contributed by atoms with Gasteiger partial charge in [-0.05, 0) is 25.0 Å². The summed E-state index contributed by atoms with van der Waals surface area (Å²) in [6.07, 6.45) is 3.68. The van der Waals surface area contributed by atoms with Gasteiger partial charge in [0.05, 0.1) is 22.8 Å². The molecule has 1 aromatic heterocycles. The highest BCUT2D eigenvalue weighted by Gasteiger charge is 2.33. The van der Waals surface area contributed by atoms with Crippen molar-refractivity contribution in [2.24, 2.45) is 0 Å². The van der Waals surface area contributed by atoms with Gasteiger partial charge in [-0.3, -0.25) is 9.78 Å². The lowest BCUT2D eigenvalue weighted by atomic mass is 10.1. The molecule has 0 saturated carbocycles. The second-order valence-electron chi connectivity index (χ2n) is 6.78. The molecule has 1 amide bonds. The molecular weight excluding hydrogens is 350 g/mol. The number of pyridine rings is 1. The number of nitrogens with one attached hydrogen (secondary N) is 1. The second kappa shape index (κ2) is 7.45. The maximum atomic E-state index is 12.7. The summed E-state index contributed by atoms with van der Waals surface area (Å²) < 4.78 is 23.3. The zero-order valence-electron chi connectivity index (χ0n) is 15.0. The molecule has 2 heterocycles. The largest absolute Gasteiger partial charge is 0.380 e. The number of sulfone groups is 1. The third-order valence-corrected chi connectivity index (χ3v) is 6.39. The number of hydrogen-bond acceptors (Lipinski definition) is 5. The Hall–Kier alpha value is -2.41. The fourth-order valence-corrected chi connectivity index (χ4v) is 4.90. The van der Waals surface area contributed by atoms with Crippen LogP contribution in [0.25, 0.3) is 0 Å². The van der Waals surface area contributed by atoms with Crippen LogP contribution in [-0.2, 0) is 16.4 Å². The van der Waals surface area contributed by atoms with Crippen LogP contribution < -0.4 is 5.32 Å². The van der Waals surface area contributed by atoms with Crippen molar-refractivity contribution in [3.8, 4) is 0 Å². The van der Waals surface area contributed by atoms with E-state index in [0.29, 0.717) is 18.5 Å². The maximum Gasteiger partial charge on any atom is 0.255 e. The zero-order chi connectivity index (χ0) is 18.7. The summed E-state index contributed by atoms with van der Waals surface area (Å²) in [7, 11) is -1.38. The molecule has 1 aliphatic heterocycles. The Morgan fingerprint density at radius 2 is 2.12 bits per heavy atom. The Labute approximate surface area is 154 Å². The van der Waals surface area contributed by atoms with Crippen molar-refractivity contribution in [1.82, 2.24) is 9.88 Å². The van der Waals surface area contributed by atoms with Gasteiger partial charge >= 0.3 is 0 Å². The number of nitrogens with zero attached hydrogens (tertiary/aromatic N) is 2. The van der Waals surface area contributed by atoms with Crippen LogP contribution >= 0.6 is 0 Å². The maximum absolute atomic E-state index is 12.7. The summed E-state index contributed by atoms with van der Waals surface area (Å²) in [6.45, 7) is 2.68. The summed E-state index contributed by atoms with van der Waals surface area (Å²) in [5.74, 6) is -0.0293. The topological polar surface area (TPSA) is 79.4 Å². The first-order chi connectivity index (χ1) is 12.3. The highest BCUT2D eigenvalue weighted by Crippen LogP contribution is 2.19. The molecule has 7 heteroatoms. The predicted molar refractivity (Wildman–Crippen MR) is 102 cm³/mol. The molecule has 1 aliphatic rings.